The standard InChI is InChI=1S/C20H16F4N4O2/c21-13-3-4-14(15(12-13)20(22,23)24)18(29)27-7-9-28(10-8-27)19-25-6-5-16(26-19)17-2-1-11-30-17/h1-6,11-12H,7-10H2. The molecule has 1 aliphatic heterocycles. The fraction of sp³-hybridized carbons (Fsp3) is 0.250. The van der Waals surface area contributed by atoms with Crippen LogP contribution in [0.25, 0.3) is 11.5 Å². The molecule has 0 N–H and O–H groups in total. The zero-order valence-corrected chi connectivity index (χ0v) is 15.6. The molecule has 2 aromatic heterocycles. The van der Waals surface area contributed by atoms with Crippen LogP contribution in [0.4, 0.5) is 23.5 Å². The van der Waals surface area contributed by atoms with Crippen molar-refractivity contribution in [1.29, 1.82) is 0 Å². The Balaban J connectivity index is 1.48. The molecule has 1 amide bonds. The Morgan fingerprint density at radius 2 is 1.83 bits per heavy atom. The van der Waals surface area contributed by atoms with E-state index < -0.39 is 29.0 Å². The predicted octanol–water partition coefficient (Wildman–Crippen LogP) is 3.86. The molecule has 1 fully saturated rings. The predicted molar refractivity (Wildman–Crippen MR) is 99.3 cm³/mol. The molecule has 6 nitrogen and oxygen atoms in total. The largest absolute Gasteiger partial charge is 0.463 e. The molecule has 1 saturated heterocycles. The van der Waals surface area contributed by atoms with Gasteiger partial charge in [-0.05, 0) is 36.4 Å². The molecule has 30 heavy (non-hydrogen) atoms. The summed E-state index contributed by atoms with van der Waals surface area (Å²) in [4.78, 5) is 24.5. The van der Waals surface area contributed by atoms with Crippen molar-refractivity contribution in [3.63, 3.8) is 0 Å². The van der Waals surface area contributed by atoms with Gasteiger partial charge in [0.05, 0.1) is 17.4 Å². The summed E-state index contributed by atoms with van der Waals surface area (Å²) in [6, 6.07) is 7.29. The molecule has 156 valence electrons. The number of furan rings is 1. The fourth-order valence-electron chi connectivity index (χ4n) is 3.28. The van der Waals surface area contributed by atoms with Crippen LogP contribution in [-0.2, 0) is 6.18 Å². The summed E-state index contributed by atoms with van der Waals surface area (Å²) in [5, 5.41) is 0. The van der Waals surface area contributed by atoms with Crippen LogP contribution < -0.4 is 4.90 Å². The lowest BCUT2D eigenvalue weighted by Gasteiger charge is -2.35. The van der Waals surface area contributed by atoms with Gasteiger partial charge in [-0.1, -0.05) is 0 Å². The molecule has 3 aromatic rings. The van der Waals surface area contributed by atoms with Gasteiger partial charge in [-0.25, -0.2) is 14.4 Å². The van der Waals surface area contributed by atoms with E-state index in [0.29, 0.717) is 36.6 Å². The molecule has 4 rings (SSSR count). The molecule has 0 bridgehead atoms. The van der Waals surface area contributed by atoms with E-state index >= 15 is 0 Å². The Morgan fingerprint density at radius 1 is 1.07 bits per heavy atom. The van der Waals surface area contributed by atoms with Crippen molar-refractivity contribution in [2.75, 3.05) is 31.1 Å². The zero-order valence-electron chi connectivity index (χ0n) is 15.6. The van der Waals surface area contributed by atoms with E-state index in [4.69, 9.17) is 4.42 Å². The van der Waals surface area contributed by atoms with Crippen molar-refractivity contribution in [3.05, 3.63) is 65.8 Å². The quantitative estimate of drug-likeness (QED) is 0.603. The second-order valence-corrected chi connectivity index (χ2v) is 6.69. The molecule has 0 aliphatic carbocycles. The first-order valence-electron chi connectivity index (χ1n) is 9.11. The highest BCUT2D eigenvalue weighted by Crippen LogP contribution is 2.33. The number of aromatic nitrogens is 2. The Labute approximate surface area is 168 Å². The molecule has 10 heteroatoms. The zero-order chi connectivity index (χ0) is 21.3. The van der Waals surface area contributed by atoms with E-state index in [2.05, 4.69) is 9.97 Å². The smallest absolute Gasteiger partial charge is 0.417 e. The number of benzene rings is 1. The highest BCUT2D eigenvalue weighted by molar-refractivity contribution is 5.96. The SMILES string of the molecule is O=C(c1ccc(F)cc1C(F)(F)F)N1CCN(c2nccc(-c3ccco3)n2)CC1. The van der Waals surface area contributed by atoms with Crippen molar-refractivity contribution in [2.45, 2.75) is 6.18 Å². The number of anilines is 1. The van der Waals surface area contributed by atoms with Crippen molar-refractivity contribution in [3.8, 4) is 11.5 Å². The van der Waals surface area contributed by atoms with Gasteiger partial charge in [0, 0.05) is 32.4 Å². The minimum absolute atomic E-state index is 0.182. The normalized spacial score (nSPS) is 14.8. The van der Waals surface area contributed by atoms with Crippen molar-refractivity contribution < 1.29 is 26.8 Å². The molecule has 1 aliphatic rings. The van der Waals surface area contributed by atoms with E-state index in [1.165, 1.54) is 11.2 Å². The molecule has 3 heterocycles. The Bertz CT molecular complexity index is 1050. The third kappa shape index (κ3) is 3.98. The summed E-state index contributed by atoms with van der Waals surface area (Å²) < 4.78 is 58.3. The average Bonchev–Trinajstić information content (AvgIpc) is 3.28. The molecule has 0 unspecified atom stereocenters. The van der Waals surface area contributed by atoms with E-state index in [0.717, 1.165) is 12.1 Å². The number of halogens is 4. The van der Waals surface area contributed by atoms with Gasteiger partial charge in [-0.2, -0.15) is 13.2 Å². The maximum Gasteiger partial charge on any atom is 0.417 e. The second-order valence-electron chi connectivity index (χ2n) is 6.69. The number of carbonyl (C=O) groups excluding carboxylic acids is 1. The molecule has 0 saturated carbocycles. The Hall–Kier alpha value is -3.43. The monoisotopic (exact) mass is 420 g/mol. The van der Waals surface area contributed by atoms with E-state index in [1.54, 1.807) is 24.4 Å². The summed E-state index contributed by atoms with van der Waals surface area (Å²) in [5.41, 5.74) is -1.23. The van der Waals surface area contributed by atoms with E-state index in [1.807, 2.05) is 4.90 Å². The summed E-state index contributed by atoms with van der Waals surface area (Å²) in [6.45, 7) is 1.05. The lowest BCUT2D eigenvalue weighted by Crippen LogP contribution is -2.49. The Morgan fingerprint density at radius 3 is 2.50 bits per heavy atom. The van der Waals surface area contributed by atoms with Crippen molar-refractivity contribution >= 4 is 11.9 Å². The number of amides is 1. The average molecular weight is 420 g/mol. The maximum absolute atomic E-state index is 13.3. The summed E-state index contributed by atoms with van der Waals surface area (Å²) in [7, 11) is 0. The van der Waals surface area contributed by atoms with Crippen LogP contribution in [0.15, 0.2) is 53.3 Å². The van der Waals surface area contributed by atoms with Crippen molar-refractivity contribution in [2.24, 2.45) is 0 Å². The van der Waals surface area contributed by atoms with Gasteiger partial charge in [0.1, 0.15) is 11.5 Å². The second kappa shape index (κ2) is 7.77. The first kappa shape index (κ1) is 19.9. The van der Waals surface area contributed by atoms with Gasteiger partial charge in [0.25, 0.3) is 5.91 Å². The molecular weight excluding hydrogens is 404 g/mol. The molecule has 0 atom stereocenters. The lowest BCUT2D eigenvalue weighted by atomic mass is 10.0. The van der Waals surface area contributed by atoms with Gasteiger partial charge in [-0.3, -0.25) is 4.79 Å². The summed E-state index contributed by atoms with van der Waals surface area (Å²) >= 11 is 0. The first-order chi connectivity index (χ1) is 14.3. The third-order valence-electron chi connectivity index (χ3n) is 4.78. The molecule has 0 radical (unpaired) electrons. The van der Waals surface area contributed by atoms with Gasteiger partial charge in [0.2, 0.25) is 5.95 Å². The minimum atomic E-state index is -4.82. The Kier molecular flexibility index (Phi) is 5.15. The number of nitrogens with zero attached hydrogens (tertiary/aromatic N) is 4. The maximum atomic E-state index is 13.3. The molecule has 1 aromatic carbocycles. The molecule has 0 spiro atoms. The van der Waals surface area contributed by atoms with Crippen LogP contribution in [0.2, 0.25) is 0 Å². The number of hydrogen-bond donors (Lipinski definition) is 0. The van der Waals surface area contributed by atoms with E-state index in [-0.39, 0.29) is 13.1 Å². The van der Waals surface area contributed by atoms with Gasteiger partial charge in [-0.15, -0.1) is 0 Å². The van der Waals surface area contributed by atoms with Gasteiger partial charge >= 0.3 is 6.18 Å². The van der Waals surface area contributed by atoms with Crippen LogP contribution in [0, 0.1) is 5.82 Å². The molecular formula is C20H16F4N4O2. The minimum Gasteiger partial charge on any atom is -0.463 e. The van der Waals surface area contributed by atoms with Crippen LogP contribution >= 0.6 is 0 Å². The van der Waals surface area contributed by atoms with Crippen LogP contribution in [0.1, 0.15) is 15.9 Å². The first-order valence-corrected chi connectivity index (χ1v) is 9.11. The number of piperazine rings is 1. The number of rotatable bonds is 3. The highest BCUT2D eigenvalue weighted by Gasteiger charge is 2.37. The third-order valence-corrected chi connectivity index (χ3v) is 4.78. The van der Waals surface area contributed by atoms with Crippen LogP contribution in [-0.4, -0.2) is 47.0 Å². The number of hydrogen-bond acceptors (Lipinski definition) is 5. The summed E-state index contributed by atoms with van der Waals surface area (Å²) in [5.74, 6) is -0.804. The van der Waals surface area contributed by atoms with Crippen LogP contribution in [0.3, 0.4) is 0 Å². The van der Waals surface area contributed by atoms with E-state index in [9.17, 15) is 22.4 Å². The van der Waals surface area contributed by atoms with Gasteiger partial charge in [0.15, 0.2) is 5.76 Å². The fourth-order valence-corrected chi connectivity index (χ4v) is 3.28. The number of alkyl halides is 3. The topological polar surface area (TPSA) is 62.5 Å². The summed E-state index contributed by atoms with van der Waals surface area (Å²) in [6.07, 6.45) is -1.70. The van der Waals surface area contributed by atoms with Gasteiger partial charge < -0.3 is 14.2 Å². The van der Waals surface area contributed by atoms with Crippen molar-refractivity contribution in [1.82, 2.24) is 14.9 Å². The highest BCUT2D eigenvalue weighted by atomic mass is 19.4. The lowest BCUT2D eigenvalue weighted by molar-refractivity contribution is -0.138. The van der Waals surface area contributed by atoms with Crippen LogP contribution in [0.5, 0.6) is 0 Å². The number of carbonyl (C=O) groups is 1.